The topological polar surface area (TPSA) is 20.2 Å². The lowest BCUT2D eigenvalue weighted by molar-refractivity contribution is 0.282. The van der Waals surface area contributed by atoms with Crippen molar-refractivity contribution in [3.05, 3.63) is 34.3 Å². The summed E-state index contributed by atoms with van der Waals surface area (Å²) in [4.78, 5) is 0. The van der Waals surface area contributed by atoms with Crippen LogP contribution in [0.15, 0.2) is 18.2 Å². The van der Waals surface area contributed by atoms with Gasteiger partial charge < -0.3 is 5.11 Å². The van der Waals surface area contributed by atoms with Crippen molar-refractivity contribution in [3.8, 4) is 11.8 Å². The predicted octanol–water partition coefficient (Wildman–Crippen LogP) is 2.11. The second-order valence-corrected chi connectivity index (χ2v) is 3.16. The monoisotopic (exact) mass is 212 g/mol. The molecule has 0 aromatic heterocycles. The minimum absolute atomic E-state index is 0.00667. The molecular formula is C10H9ClOS. The fourth-order valence-corrected chi connectivity index (χ4v) is 1.15. The van der Waals surface area contributed by atoms with Crippen LogP contribution >= 0.6 is 24.2 Å². The molecule has 0 atom stereocenters. The minimum atomic E-state index is 0.00667. The number of aliphatic hydroxyl groups excluding tert-OH is 1. The highest BCUT2D eigenvalue weighted by molar-refractivity contribution is 7.80. The highest BCUT2D eigenvalue weighted by Gasteiger charge is 1.97. The first-order valence-electron chi connectivity index (χ1n) is 3.77. The summed E-state index contributed by atoms with van der Waals surface area (Å²) < 4.78 is 0. The molecule has 0 amide bonds. The lowest BCUT2D eigenvalue weighted by Crippen LogP contribution is -1.85. The van der Waals surface area contributed by atoms with E-state index >= 15 is 0 Å². The van der Waals surface area contributed by atoms with Crippen molar-refractivity contribution in [3.63, 3.8) is 0 Å². The fourth-order valence-electron chi connectivity index (χ4n) is 0.901. The van der Waals surface area contributed by atoms with Crippen molar-refractivity contribution in [1.82, 2.24) is 0 Å². The molecule has 1 N–H and O–H groups in total. The summed E-state index contributed by atoms with van der Waals surface area (Å²) in [5.74, 6) is 6.17. The van der Waals surface area contributed by atoms with Crippen molar-refractivity contribution >= 4 is 24.2 Å². The molecule has 13 heavy (non-hydrogen) atoms. The highest BCUT2D eigenvalue weighted by atomic mass is 35.5. The third-order valence-corrected chi connectivity index (χ3v) is 2.00. The summed E-state index contributed by atoms with van der Waals surface area (Å²) in [6.45, 7) is 0.00667. The quantitative estimate of drug-likeness (QED) is 0.540. The number of halogens is 1. The Hall–Kier alpha value is -0.620. The van der Waals surface area contributed by atoms with Crippen molar-refractivity contribution in [2.24, 2.45) is 0 Å². The van der Waals surface area contributed by atoms with Crippen molar-refractivity contribution < 1.29 is 5.11 Å². The number of benzene rings is 1. The third-order valence-electron chi connectivity index (χ3n) is 1.52. The van der Waals surface area contributed by atoms with Gasteiger partial charge in [-0.25, -0.2) is 0 Å². The van der Waals surface area contributed by atoms with Gasteiger partial charge in [-0.3, -0.25) is 0 Å². The van der Waals surface area contributed by atoms with Gasteiger partial charge >= 0.3 is 0 Å². The first kappa shape index (κ1) is 10.5. The molecule has 0 spiro atoms. The summed E-state index contributed by atoms with van der Waals surface area (Å²) in [5, 5.41) is 9.48. The summed E-state index contributed by atoms with van der Waals surface area (Å²) in [6, 6.07) is 5.28. The minimum Gasteiger partial charge on any atom is -0.392 e. The van der Waals surface area contributed by atoms with Crippen LogP contribution < -0.4 is 0 Å². The molecule has 1 nitrogen and oxygen atoms in total. The van der Waals surface area contributed by atoms with Crippen LogP contribution in [0.4, 0.5) is 0 Å². The highest BCUT2D eigenvalue weighted by Crippen LogP contribution is 2.16. The van der Waals surface area contributed by atoms with Gasteiger partial charge in [0.15, 0.2) is 0 Å². The molecule has 1 rings (SSSR count). The molecule has 0 radical (unpaired) electrons. The average molecular weight is 213 g/mol. The van der Waals surface area contributed by atoms with Crippen LogP contribution in [0.3, 0.4) is 0 Å². The summed E-state index contributed by atoms with van der Waals surface area (Å²) in [6.07, 6.45) is 0. The maximum Gasteiger partial charge on any atom is 0.0682 e. The second-order valence-electron chi connectivity index (χ2n) is 2.43. The molecular weight excluding hydrogens is 204 g/mol. The Labute approximate surface area is 88.1 Å². The van der Waals surface area contributed by atoms with Gasteiger partial charge in [0.2, 0.25) is 0 Å². The van der Waals surface area contributed by atoms with Crippen LogP contribution in [0, 0.1) is 11.8 Å². The van der Waals surface area contributed by atoms with E-state index in [4.69, 9.17) is 16.7 Å². The van der Waals surface area contributed by atoms with E-state index in [1.54, 1.807) is 18.2 Å². The van der Waals surface area contributed by atoms with E-state index in [9.17, 15) is 0 Å². The number of thiol groups is 1. The number of hydrogen-bond donors (Lipinski definition) is 2. The standard InChI is InChI=1S/C10H9ClOS/c11-10-4-3-8(7-12)6-9(10)2-1-5-13/h3-4,6,12-13H,5,7H2. The zero-order valence-corrected chi connectivity index (χ0v) is 8.57. The molecule has 0 fully saturated rings. The Morgan fingerprint density at radius 3 is 2.85 bits per heavy atom. The molecule has 68 valence electrons. The summed E-state index contributed by atoms with van der Waals surface area (Å²) >= 11 is 9.85. The molecule has 0 saturated carbocycles. The van der Waals surface area contributed by atoms with Crippen molar-refractivity contribution in [1.29, 1.82) is 0 Å². The Morgan fingerprint density at radius 2 is 2.23 bits per heavy atom. The molecule has 0 aliphatic rings. The van der Waals surface area contributed by atoms with Gasteiger partial charge in [-0.2, -0.15) is 12.6 Å². The molecule has 0 aliphatic heterocycles. The van der Waals surface area contributed by atoms with E-state index < -0.39 is 0 Å². The normalized spacial score (nSPS) is 9.15. The predicted molar refractivity (Wildman–Crippen MR) is 58.1 cm³/mol. The average Bonchev–Trinajstić information content (AvgIpc) is 2.17. The molecule has 1 aromatic carbocycles. The smallest absolute Gasteiger partial charge is 0.0682 e. The van der Waals surface area contributed by atoms with Crippen molar-refractivity contribution in [2.75, 3.05) is 5.75 Å². The maximum atomic E-state index is 8.87. The van der Waals surface area contributed by atoms with E-state index in [0.717, 1.165) is 11.1 Å². The molecule has 0 bridgehead atoms. The van der Waals surface area contributed by atoms with Crippen LogP contribution in [0.25, 0.3) is 0 Å². The Morgan fingerprint density at radius 1 is 1.46 bits per heavy atom. The summed E-state index contributed by atoms with van der Waals surface area (Å²) in [7, 11) is 0. The Kier molecular flexibility index (Phi) is 4.17. The maximum absolute atomic E-state index is 8.87. The Bertz CT molecular complexity index is 352. The molecule has 0 unspecified atom stereocenters. The van der Waals surface area contributed by atoms with Gasteiger partial charge in [-0.05, 0) is 17.7 Å². The van der Waals surface area contributed by atoms with Crippen LogP contribution in [0.5, 0.6) is 0 Å². The largest absolute Gasteiger partial charge is 0.392 e. The van der Waals surface area contributed by atoms with E-state index in [-0.39, 0.29) is 6.61 Å². The van der Waals surface area contributed by atoms with E-state index in [0.29, 0.717) is 10.8 Å². The van der Waals surface area contributed by atoms with Gasteiger partial charge in [-0.1, -0.05) is 29.5 Å². The summed E-state index contributed by atoms with van der Waals surface area (Å²) in [5.41, 5.74) is 1.55. The molecule has 0 aliphatic carbocycles. The number of hydrogen-bond acceptors (Lipinski definition) is 2. The van der Waals surface area contributed by atoms with Gasteiger partial charge in [0.25, 0.3) is 0 Å². The van der Waals surface area contributed by atoms with Crippen molar-refractivity contribution in [2.45, 2.75) is 6.61 Å². The first-order chi connectivity index (χ1) is 6.27. The molecule has 0 saturated heterocycles. The molecule has 0 heterocycles. The van der Waals surface area contributed by atoms with Gasteiger partial charge in [0, 0.05) is 5.56 Å². The van der Waals surface area contributed by atoms with Gasteiger partial charge in [0.1, 0.15) is 0 Å². The molecule has 3 heteroatoms. The van der Waals surface area contributed by atoms with E-state index in [1.165, 1.54) is 0 Å². The van der Waals surface area contributed by atoms with E-state index in [2.05, 4.69) is 24.5 Å². The van der Waals surface area contributed by atoms with Crippen LogP contribution in [-0.4, -0.2) is 10.9 Å². The van der Waals surface area contributed by atoms with E-state index in [1.807, 2.05) is 0 Å². The fraction of sp³-hybridized carbons (Fsp3) is 0.200. The van der Waals surface area contributed by atoms with Gasteiger partial charge in [-0.15, -0.1) is 0 Å². The lowest BCUT2D eigenvalue weighted by Gasteiger charge is -1.98. The number of rotatable bonds is 1. The SMILES string of the molecule is OCc1ccc(Cl)c(C#CCS)c1. The third kappa shape index (κ3) is 2.96. The second kappa shape index (κ2) is 5.18. The lowest BCUT2D eigenvalue weighted by atomic mass is 10.1. The zero-order valence-electron chi connectivity index (χ0n) is 6.92. The number of aliphatic hydroxyl groups is 1. The zero-order chi connectivity index (χ0) is 9.68. The first-order valence-corrected chi connectivity index (χ1v) is 4.78. The Balaban J connectivity index is 3.04. The van der Waals surface area contributed by atoms with Gasteiger partial charge in [0.05, 0.1) is 17.4 Å². The van der Waals surface area contributed by atoms with Crippen LogP contribution in [0.1, 0.15) is 11.1 Å². The van der Waals surface area contributed by atoms with Crippen LogP contribution in [-0.2, 0) is 6.61 Å². The molecule has 1 aromatic rings. The van der Waals surface area contributed by atoms with Crippen LogP contribution in [0.2, 0.25) is 5.02 Å².